The van der Waals surface area contributed by atoms with Gasteiger partial charge in [-0.3, -0.25) is 0 Å². The number of methoxy groups -OCH3 is 1. The number of hydrogen-bond donors (Lipinski definition) is 1. The molecule has 0 amide bonds. The minimum atomic E-state index is -5.25. The molecule has 0 aromatic carbocycles. The molecule has 25 heavy (non-hydrogen) atoms. The predicted octanol–water partition coefficient (Wildman–Crippen LogP) is 3.85. The van der Waals surface area contributed by atoms with Crippen LogP contribution < -0.4 is 0 Å². The zero-order valence-electron chi connectivity index (χ0n) is 15.0. The van der Waals surface area contributed by atoms with Crippen molar-refractivity contribution in [2.24, 2.45) is 5.41 Å². The summed E-state index contributed by atoms with van der Waals surface area (Å²) in [5.41, 5.74) is -5.96. The lowest BCUT2D eigenvalue weighted by Crippen LogP contribution is -2.56. The second-order valence-electron chi connectivity index (χ2n) is 6.93. The van der Waals surface area contributed by atoms with Crippen molar-refractivity contribution in [3.8, 4) is 0 Å². The molecule has 1 aliphatic rings. The summed E-state index contributed by atoms with van der Waals surface area (Å²) in [6.07, 6.45) is -3.79. The van der Waals surface area contributed by atoms with Crippen LogP contribution in [0.3, 0.4) is 0 Å². The standard InChI is InChI=1S/C17H24F4O4/c1-6-25-13(22)16(23,17(19,20)21)10-14(2,3)12-9-11(18)7-8-15(12,4)24-5/h7,9,23H,6,8,10H2,1-5H3. The molecule has 144 valence electrons. The summed E-state index contributed by atoms with van der Waals surface area (Å²) in [6, 6.07) is 0. The Hall–Kier alpha value is -1.41. The van der Waals surface area contributed by atoms with E-state index in [1.54, 1.807) is 6.92 Å². The number of rotatable bonds is 6. The highest BCUT2D eigenvalue weighted by Crippen LogP contribution is 2.49. The Kier molecular flexibility index (Phi) is 6.12. The van der Waals surface area contributed by atoms with Crippen LogP contribution in [0.25, 0.3) is 0 Å². The third-order valence-electron chi connectivity index (χ3n) is 4.50. The van der Waals surface area contributed by atoms with Crippen molar-refractivity contribution in [2.45, 2.75) is 57.9 Å². The van der Waals surface area contributed by atoms with Crippen molar-refractivity contribution in [1.29, 1.82) is 0 Å². The fourth-order valence-electron chi connectivity index (χ4n) is 3.13. The summed E-state index contributed by atoms with van der Waals surface area (Å²) >= 11 is 0. The second-order valence-corrected chi connectivity index (χ2v) is 6.93. The Balaban J connectivity index is 3.35. The van der Waals surface area contributed by atoms with Crippen LogP contribution >= 0.6 is 0 Å². The molecule has 1 rings (SSSR count). The lowest BCUT2D eigenvalue weighted by Gasteiger charge is -2.44. The topological polar surface area (TPSA) is 55.8 Å². The molecule has 1 aliphatic carbocycles. The molecule has 0 fully saturated rings. The summed E-state index contributed by atoms with van der Waals surface area (Å²) in [5, 5.41) is 10.1. The van der Waals surface area contributed by atoms with Crippen molar-refractivity contribution in [1.82, 2.24) is 0 Å². The van der Waals surface area contributed by atoms with Crippen LogP contribution in [-0.2, 0) is 14.3 Å². The second kappa shape index (κ2) is 7.07. The summed E-state index contributed by atoms with van der Waals surface area (Å²) in [7, 11) is 1.36. The van der Waals surface area contributed by atoms with E-state index in [9.17, 15) is 27.5 Å². The van der Waals surface area contributed by atoms with Gasteiger partial charge in [-0.2, -0.15) is 13.2 Å². The van der Waals surface area contributed by atoms with Gasteiger partial charge in [-0.15, -0.1) is 0 Å². The van der Waals surface area contributed by atoms with Crippen LogP contribution in [0.4, 0.5) is 17.6 Å². The molecule has 2 unspecified atom stereocenters. The zero-order valence-corrected chi connectivity index (χ0v) is 15.0. The van der Waals surface area contributed by atoms with Crippen molar-refractivity contribution in [3.05, 3.63) is 23.6 Å². The first kappa shape index (κ1) is 21.6. The average molecular weight is 368 g/mol. The number of halogens is 4. The maximum Gasteiger partial charge on any atom is 0.428 e. The smallest absolute Gasteiger partial charge is 0.428 e. The van der Waals surface area contributed by atoms with Gasteiger partial charge in [0.2, 0.25) is 0 Å². The number of hydrogen-bond acceptors (Lipinski definition) is 4. The number of alkyl halides is 3. The normalized spacial score (nSPS) is 24.2. The molecule has 0 radical (unpaired) electrons. The fourth-order valence-corrected chi connectivity index (χ4v) is 3.13. The van der Waals surface area contributed by atoms with Crippen LogP contribution in [0.1, 0.15) is 40.5 Å². The first-order chi connectivity index (χ1) is 11.2. The van der Waals surface area contributed by atoms with Crippen molar-refractivity contribution in [2.75, 3.05) is 13.7 Å². The van der Waals surface area contributed by atoms with E-state index in [2.05, 4.69) is 4.74 Å². The molecule has 8 heteroatoms. The largest absolute Gasteiger partial charge is 0.464 e. The van der Waals surface area contributed by atoms with E-state index in [1.165, 1.54) is 34.0 Å². The van der Waals surface area contributed by atoms with Crippen LogP contribution in [0.5, 0.6) is 0 Å². The molecule has 0 spiro atoms. The molecule has 0 aromatic heterocycles. The summed E-state index contributed by atoms with van der Waals surface area (Å²) in [6.45, 7) is 5.43. The highest BCUT2D eigenvalue weighted by Gasteiger charge is 2.63. The highest BCUT2D eigenvalue weighted by atomic mass is 19.4. The summed E-state index contributed by atoms with van der Waals surface area (Å²) in [5.74, 6) is -2.38. The van der Waals surface area contributed by atoms with Gasteiger partial charge in [0.25, 0.3) is 5.60 Å². The van der Waals surface area contributed by atoms with E-state index in [1.807, 2.05) is 0 Å². The number of carbonyl (C=O) groups excluding carboxylic acids is 1. The maximum atomic E-state index is 13.7. The van der Waals surface area contributed by atoms with Crippen molar-refractivity contribution >= 4 is 5.97 Å². The molecule has 0 saturated heterocycles. The van der Waals surface area contributed by atoms with E-state index in [4.69, 9.17) is 4.74 Å². The Morgan fingerprint density at radius 1 is 1.36 bits per heavy atom. The van der Waals surface area contributed by atoms with Crippen molar-refractivity contribution < 1.29 is 36.9 Å². The quantitative estimate of drug-likeness (QED) is 0.572. The van der Waals surface area contributed by atoms with Gasteiger partial charge in [-0.05, 0) is 37.0 Å². The third kappa shape index (κ3) is 4.23. The molecular weight excluding hydrogens is 344 g/mol. The van der Waals surface area contributed by atoms with E-state index in [0.717, 1.165) is 6.08 Å². The van der Waals surface area contributed by atoms with Gasteiger partial charge in [0.05, 0.1) is 12.2 Å². The van der Waals surface area contributed by atoms with Gasteiger partial charge < -0.3 is 14.6 Å². The maximum absolute atomic E-state index is 13.7. The van der Waals surface area contributed by atoms with E-state index in [-0.39, 0.29) is 18.6 Å². The Morgan fingerprint density at radius 2 is 1.92 bits per heavy atom. The highest BCUT2D eigenvalue weighted by molar-refractivity contribution is 5.80. The van der Waals surface area contributed by atoms with E-state index in [0.29, 0.717) is 0 Å². The molecular formula is C17H24F4O4. The van der Waals surface area contributed by atoms with Gasteiger partial charge >= 0.3 is 12.1 Å². The van der Waals surface area contributed by atoms with Gasteiger partial charge in [0, 0.05) is 20.0 Å². The zero-order chi connectivity index (χ0) is 19.7. The molecule has 0 aliphatic heterocycles. The first-order valence-electron chi connectivity index (χ1n) is 7.83. The Bertz CT molecular complexity index is 580. The molecule has 0 heterocycles. The number of carbonyl (C=O) groups is 1. The molecule has 4 nitrogen and oxygen atoms in total. The van der Waals surface area contributed by atoms with Crippen LogP contribution in [0, 0.1) is 5.41 Å². The Labute approximate surface area is 144 Å². The molecule has 0 aromatic rings. The summed E-state index contributed by atoms with van der Waals surface area (Å²) in [4.78, 5) is 11.8. The molecule has 0 saturated carbocycles. The molecule has 1 N–H and O–H groups in total. The fraction of sp³-hybridized carbons (Fsp3) is 0.706. The molecule has 2 atom stereocenters. The SMILES string of the molecule is CCOC(=O)C(O)(CC(C)(C)C1=CC(F)=CCC1(C)OC)C(F)(F)F. The predicted molar refractivity (Wildman–Crippen MR) is 83.3 cm³/mol. The average Bonchev–Trinajstić information content (AvgIpc) is 2.48. The van der Waals surface area contributed by atoms with Crippen molar-refractivity contribution in [3.63, 3.8) is 0 Å². The number of esters is 1. The third-order valence-corrected chi connectivity index (χ3v) is 4.50. The lowest BCUT2D eigenvalue weighted by atomic mass is 9.67. The van der Waals surface area contributed by atoms with Gasteiger partial charge in [-0.1, -0.05) is 13.8 Å². The van der Waals surface area contributed by atoms with Gasteiger partial charge in [-0.25, -0.2) is 9.18 Å². The summed E-state index contributed by atoms with van der Waals surface area (Å²) < 4.78 is 63.9. The number of allylic oxidation sites excluding steroid dienone is 2. The lowest BCUT2D eigenvalue weighted by molar-refractivity contribution is -0.269. The van der Waals surface area contributed by atoms with Crippen LogP contribution in [0.2, 0.25) is 0 Å². The molecule has 0 bridgehead atoms. The van der Waals surface area contributed by atoms with Gasteiger partial charge in [0.15, 0.2) is 0 Å². The van der Waals surface area contributed by atoms with Crippen LogP contribution in [0.15, 0.2) is 23.6 Å². The minimum Gasteiger partial charge on any atom is -0.464 e. The van der Waals surface area contributed by atoms with Crippen LogP contribution in [-0.4, -0.2) is 42.2 Å². The Morgan fingerprint density at radius 3 is 2.36 bits per heavy atom. The van der Waals surface area contributed by atoms with E-state index >= 15 is 0 Å². The minimum absolute atomic E-state index is 0.119. The first-order valence-corrected chi connectivity index (χ1v) is 7.83. The monoisotopic (exact) mass is 368 g/mol. The number of aliphatic hydroxyl groups is 1. The number of ether oxygens (including phenoxy) is 2. The van der Waals surface area contributed by atoms with Gasteiger partial charge in [0.1, 0.15) is 5.83 Å². The van der Waals surface area contributed by atoms with E-state index < -0.39 is 41.0 Å².